The molecule has 1 unspecified atom stereocenters. The molecule has 1 rings (SSSR count). The lowest BCUT2D eigenvalue weighted by molar-refractivity contribution is -0.162. The van der Waals surface area contributed by atoms with Gasteiger partial charge in [0, 0.05) is 27.3 Å². The predicted octanol–water partition coefficient (Wildman–Crippen LogP) is 3.34. The smallest absolute Gasteiger partial charge is 0.258 e. The zero-order valence-electron chi connectivity index (χ0n) is 12.9. The van der Waals surface area contributed by atoms with Crippen molar-refractivity contribution < 1.29 is 14.2 Å². The summed E-state index contributed by atoms with van der Waals surface area (Å²) in [7, 11) is 3.80. The van der Waals surface area contributed by atoms with E-state index in [0.717, 1.165) is 39.1 Å². The highest BCUT2D eigenvalue weighted by Gasteiger charge is 2.13. The van der Waals surface area contributed by atoms with E-state index in [4.69, 9.17) is 26.4 Å². The third-order valence-corrected chi connectivity index (χ3v) is 3.80. The molecule has 0 aromatic rings. The fourth-order valence-electron chi connectivity index (χ4n) is 2.08. The first-order valence-electron chi connectivity index (χ1n) is 7.77. The number of hydrogen-bond donors (Lipinski definition) is 0. The predicted molar refractivity (Wildman–Crippen MR) is 84.9 cm³/mol. The standard InChI is InChI=1S/C15H29NO3S/c1-16(2)15(20)19-13-8-5-3-4-7-11-17-14-10-6-9-12-18-14/h14H,3-13H2,1-2H3. The molecule has 1 aliphatic rings. The number of hydrogen-bond acceptors (Lipinski definition) is 4. The summed E-state index contributed by atoms with van der Waals surface area (Å²) in [4.78, 5) is 1.82. The summed E-state index contributed by atoms with van der Waals surface area (Å²) >= 11 is 5.05. The van der Waals surface area contributed by atoms with E-state index in [0.29, 0.717) is 5.17 Å². The van der Waals surface area contributed by atoms with Crippen LogP contribution in [0.25, 0.3) is 0 Å². The topological polar surface area (TPSA) is 30.9 Å². The maximum atomic E-state index is 5.70. The zero-order chi connectivity index (χ0) is 14.6. The van der Waals surface area contributed by atoms with E-state index in [9.17, 15) is 0 Å². The molecular formula is C15H29NO3S. The lowest BCUT2D eigenvalue weighted by Gasteiger charge is -2.22. The third kappa shape index (κ3) is 8.72. The van der Waals surface area contributed by atoms with Crippen LogP contribution in [0.2, 0.25) is 0 Å². The average molecular weight is 303 g/mol. The van der Waals surface area contributed by atoms with Gasteiger partial charge in [0.2, 0.25) is 0 Å². The van der Waals surface area contributed by atoms with Gasteiger partial charge in [-0.25, -0.2) is 0 Å². The highest BCUT2D eigenvalue weighted by molar-refractivity contribution is 7.80. The van der Waals surface area contributed by atoms with E-state index in [2.05, 4.69) is 0 Å². The summed E-state index contributed by atoms with van der Waals surface area (Å²) in [5.74, 6) is 0. The van der Waals surface area contributed by atoms with Crippen LogP contribution in [0.3, 0.4) is 0 Å². The summed E-state index contributed by atoms with van der Waals surface area (Å²) in [5, 5.41) is 0.575. The van der Waals surface area contributed by atoms with E-state index >= 15 is 0 Å². The molecule has 1 saturated heterocycles. The van der Waals surface area contributed by atoms with E-state index in [1.807, 2.05) is 19.0 Å². The van der Waals surface area contributed by atoms with E-state index in [1.54, 1.807) is 0 Å². The van der Waals surface area contributed by atoms with Gasteiger partial charge in [-0.15, -0.1) is 0 Å². The van der Waals surface area contributed by atoms with Gasteiger partial charge in [0.05, 0.1) is 6.61 Å². The second-order valence-corrected chi connectivity index (χ2v) is 5.79. The van der Waals surface area contributed by atoms with Crippen LogP contribution >= 0.6 is 12.2 Å². The van der Waals surface area contributed by atoms with Gasteiger partial charge < -0.3 is 19.1 Å². The summed E-state index contributed by atoms with van der Waals surface area (Å²) in [5.41, 5.74) is 0. The van der Waals surface area contributed by atoms with Crippen LogP contribution in [-0.4, -0.2) is 50.3 Å². The molecule has 1 atom stereocenters. The summed E-state index contributed by atoms with van der Waals surface area (Å²) in [6.45, 7) is 2.41. The van der Waals surface area contributed by atoms with Crippen LogP contribution in [0.15, 0.2) is 0 Å². The zero-order valence-corrected chi connectivity index (χ0v) is 13.8. The van der Waals surface area contributed by atoms with Gasteiger partial charge in [-0.2, -0.15) is 0 Å². The van der Waals surface area contributed by atoms with E-state index in [-0.39, 0.29) is 6.29 Å². The Kier molecular flexibility index (Phi) is 9.97. The molecule has 20 heavy (non-hydrogen) atoms. The molecule has 0 radical (unpaired) electrons. The monoisotopic (exact) mass is 303 g/mol. The maximum Gasteiger partial charge on any atom is 0.258 e. The summed E-state index contributed by atoms with van der Waals surface area (Å²) in [6, 6.07) is 0. The van der Waals surface area contributed by atoms with Crippen molar-refractivity contribution in [3.8, 4) is 0 Å². The molecule has 0 saturated carbocycles. The Hall–Kier alpha value is -0.390. The largest absolute Gasteiger partial charge is 0.471 e. The van der Waals surface area contributed by atoms with Crippen LogP contribution in [0, 0.1) is 0 Å². The highest BCUT2D eigenvalue weighted by atomic mass is 32.1. The van der Waals surface area contributed by atoms with Crippen molar-refractivity contribution in [1.82, 2.24) is 4.90 Å². The van der Waals surface area contributed by atoms with Gasteiger partial charge in [-0.3, -0.25) is 0 Å². The Morgan fingerprint density at radius 3 is 2.45 bits per heavy atom. The van der Waals surface area contributed by atoms with Crippen molar-refractivity contribution in [1.29, 1.82) is 0 Å². The van der Waals surface area contributed by atoms with Gasteiger partial charge in [-0.05, 0) is 44.3 Å². The van der Waals surface area contributed by atoms with E-state index < -0.39 is 0 Å². The van der Waals surface area contributed by atoms with Crippen molar-refractivity contribution in [2.75, 3.05) is 33.9 Å². The molecule has 0 aromatic heterocycles. The number of nitrogens with zero attached hydrogens (tertiary/aromatic N) is 1. The fraction of sp³-hybridized carbons (Fsp3) is 0.933. The molecule has 1 heterocycles. The van der Waals surface area contributed by atoms with Crippen molar-refractivity contribution in [2.45, 2.75) is 57.7 Å². The molecule has 1 fully saturated rings. The summed E-state index contributed by atoms with van der Waals surface area (Å²) in [6.07, 6.45) is 9.36. The lowest BCUT2D eigenvalue weighted by Crippen LogP contribution is -2.22. The normalized spacial score (nSPS) is 18.8. The van der Waals surface area contributed by atoms with E-state index in [1.165, 1.54) is 32.1 Å². The van der Waals surface area contributed by atoms with Gasteiger partial charge in [-0.1, -0.05) is 19.3 Å². The van der Waals surface area contributed by atoms with Crippen LogP contribution in [0.1, 0.15) is 51.4 Å². The molecule has 0 spiro atoms. The first kappa shape index (κ1) is 17.7. The SMILES string of the molecule is CN(C)C(=S)OCCCCCCCOC1CCCCO1. The minimum Gasteiger partial charge on any atom is -0.471 e. The Morgan fingerprint density at radius 1 is 1.10 bits per heavy atom. The Bertz CT molecular complexity index is 256. The molecule has 0 bridgehead atoms. The highest BCUT2D eigenvalue weighted by Crippen LogP contribution is 2.14. The fourth-order valence-corrected chi connectivity index (χ4v) is 2.16. The van der Waals surface area contributed by atoms with Gasteiger partial charge in [0.15, 0.2) is 6.29 Å². The van der Waals surface area contributed by atoms with Crippen LogP contribution in [-0.2, 0) is 14.2 Å². The maximum absolute atomic E-state index is 5.70. The van der Waals surface area contributed by atoms with Crippen molar-refractivity contribution in [2.24, 2.45) is 0 Å². The molecular weight excluding hydrogens is 274 g/mol. The minimum absolute atomic E-state index is 0.0594. The minimum atomic E-state index is 0.0594. The van der Waals surface area contributed by atoms with Gasteiger partial charge >= 0.3 is 0 Å². The van der Waals surface area contributed by atoms with Crippen molar-refractivity contribution in [3.05, 3.63) is 0 Å². The van der Waals surface area contributed by atoms with Crippen LogP contribution in [0.4, 0.5) is 0 Å². The lowest BCUT2D eigenvalue weighted by atomic mass is 10.1. The molecule has 0 N–H and O–H groups in total. The number of unbranched alkanes of at least 4 members (excludes halogenated alkanes) is 4. The average Bonchev–Trinajstić information content (AvgIpc) is 2.46. The first-order chi connectivity index (χ1) is 9.70. The summed E-state index contributed by atoms with van der Waals surface area (Å²) < 4.78 is 16.6. The van der Waals surface area contributed by atoms with Crippen LogP contribution in [0.5, 0.6) is 0 Å². The Labute approximate surface area is 128 Å². The quantitative estimate of drug-likeness (QED) is 0.481. The molecule has 118 valence electrons. The first-order valence-corrected chi connectivity index (χ1v) is 8.18. The van der Waals surface area contributed by atoms with Gasteiger partial charge in [0.1, 0.15) is 0 Å². The molecule has 1 aliphatic heterocycles. The number of ether oxygens (including phenoxy) is 3. The second-order valence-electron chi connectivity index (χ2n) is 5.44. The Balaban J connectivity index is 1.79. The van der Waals surface area contributed by atoms with Crippen molar-refractivity contribution in [3.63, 3.8) is 0 Å². The molecule has 5 heteroatoms. The second kappa shape index (κ2) is 11.3. The molecule has 4 nitrogen and oxygen atoms in total. The number of thiocarbonyl (C=S) groups is 1. The third-order valence-electron chi connectivity index (χ3n) is 3.32. The molecule has 0 aliphatic carbocycles. The molecule has 0 amide bonds. The number of rotatable bonds is 9. The van der Waals surface area contributed by atoms with Gasteiger partial charge in [0.25, 0.3) is 5.17 Å². The molecule has 0 aromatic carbocycles. The van der Waals surface area contributed by atoms with Crippen LogP contribution < -0.4 is 0 Å². The Morgan fingerprint density at radius 2 is 1.80 bits per heavy atom. The van der Waals surface area contributed by atoms with Crippen molar-refractivity contribution >= 4 is 17.4 Å².